The minimum absolute atomic E-state index is 0.375. The SMILES string of the molecule is Clc1nsc(C23CC4CC(CC(C4)C2)C3)n1. The molecule has 0 amide bonds. The van der Waals surface area contributed by atoms with Crippen molar-refractivity contribution in [3.8, 4) is 0 Å². The van der Waals surface area contributed by atoms with Gasteiger partial charge in [0.25, 0.3) is 0 Å². The minimum Gasteiger partial charge on any atom is -0.209 e. The van der Waals surface area contributed by atoms with Crippen LogP contribution in [0.4, 0.5) is 0 Å². The molecule has 1 aromatic rings. The summed E-state index contributed by atoms with van der Waals surface area (Å²) >= 11 is 7.43. The molecule has 0 N–H and O–H groups in total. The number of nitrogens with zero attached hydrogens (tertiary/aromatic N) is 2. The van der Waals surface area contributed by atoms with Crippen LogP contribution in [0.1, 0.15) is 43.5 Å². The maximum Gasteiger partial charge on any atom is 0.234 e. The van der Waals surface area contributed by atoms with Crippen molar-refractivity contribution in [2.75, 3.05) is 0 Å². The van der Waals surface area contributed by atoms with Gasteiger partial charge in [-0.15, -0.1) is 0 Å². The van der Waals surface area contributed by atoms with Gasteiger partial charge < -0.3 is 0 Å². The van der Waals surface area contributed by atoms with Crippen LogP contribution in [0.5, 0.6) is 0 Å². The lowest BCUT2D eigenvalue weighted by molar-refractivity contribution is -0.00527. The summed E-state index contributed by atoms with van der Waals surface area (Å²) in [5.41, 5.74) is 0.375. The summed E-state index contributed by atoms with van der Waals surface area (Å²) in [5, 5.41) is 1.69. The van der Waals surface area contributed by atoms with Gasteiger partial charge in [0.15, 0.2) is 0 Å². The first-order valence-corrected chi connectivity index (χ1v) is 7.38. The quantitative estimate of drug-likeness (QED) is 0.764. The second kappa shape index (κ2) is 3.20. The van der Waals surface area contributed by atoms with E-state index in [0.717, 1.165) is 17.8 Å². The molecule has 1 aromatic heterocycles. The fourth-order valence-electron chi connectivity index (χ4n) is 4.79. The van der Waals surface area contributed by atoms with Gasteiger partial charge in [-0.2, -0.15) is 4.37 Å². The van der Waals surface area contributed by atoms with Gasteiger partial charge in [0.05, 0.1) is 0 Å². The molecule has 0 unspecified atom stereocenters. The van der Waals surface area contributed by atoms with Gasteiger partial charge in [-0.25, -0.2) is 4.98 Å². The molecule has 1 heterocycles. The molecular weight excluding hydrogens is 240 g/mol. The van der Waals surface area contributed by atoms with E-state index in [1.807, 2.05) is 0 Å². The highest BCUT2D eigenvalue weighted by atomic mass is 35.5. The number of rotatable bonds is 1. The fourth-order valence-corrected chi connectivity index (χ4v) is 5.81. The highest BCUT2D eigenvalue weighted by molar-refractivity contribution is 7.05. The standard InChI is InChI=1S/C12H15ClN2S/c13-11-14-10(16-15-11)12-4-7-1-8(5-12)3-9(2-7)6-12/h7-9H,1-6H2. The summed E-state index contributed by atoms with van der Waals surface area (Å²) in [6.45, 7) is 0. The molecule has 4 heteroatoms. The van der Waals surface area contributed by atoms with E-state index in [9.17, 15) is 0 Å². The molecule has 86 valence electrons. The van der Waals surface area contributed by atoms with Gasteiger partial charge in [0.2, 0.25) is 5.28 Å². The van der Waals surface area contributed by atoms with Crippen LogP contribution < -0.4 is 0 Å². The van der Waals surface area contributed by atoms with E-state index < -0.39 is 0 Å². The Labute approximate surface area is 105 Å². The predicted octanol–water partition coefficient (Wildman–Crippen LogP) is 3.66. The molecule has 0 spiro atoms. The molecule has 0 aromatic carbocycles. The van der Waals surface area contributed by atoms with Gasteiger partial charge in [-0.1, -0.05) is 0 Å². The van der Waals surface area contributed by atoms with E-state index in [4.69, 9.17) is 11.6 Å². The summed E-state index contributed by atoms with van der Waals surface area (Å²) in [7, 11) is 0. The van der Waals surface area contributed by atoms with Crippen molar-refractivity contribution < 1.29 is 0 Å². The molecular formula is C12H15ClN2S. The summed E-state index contributed by atoms with van der Waals surface area (Å²) < 4.78 is 4.17. The molecule has 5 rings (SSSR count). The highest BCUT2D eigenvalue weighted by Crippen LogP contribution is 2.60. The molecule has 0 saturated heterocycles. The molecule has 4 aliphatic rings. The third-order valence-electron chi connectivity index (χ3n) is 4.89. The van der Waals surface area contributed by atoms with E-state index in [2.05, 4.69) is 9.36 Å². The molecule has 4 fully saturated rings. The maximum absolute atomic E-state index is 5.89. The molecule has 2 nitrogen and oxygen atoms in total. The van der Waals surface area contributed by atoms with Crippen molar-refractivity contribution >= 4 is 23.1 Å². The van der Waals surface area contributed by atoms with Crippen molar-refractivity contribution in [2.24, 2.45) is 17.8 Å². The largest absolute Gasteiger partial charge is 0.234 e. The molecule has 0 radical (unpaired) electrons. The Balaban J connectivity index is 1.76. The zero-order valence-electron chi connectivity index (χ0n) is 9.16. The van der Waals surface area contributed by atoms with Gasteiger partial charge >= 0.3 is 0 Å². The number of hydrogen-bond acceptors (Lipinski definition) is 3. The van der Waals surface area contributed by atoms with Gasteiger partial charge in [-0.05, 0) is 79.4 Å². The third-order valence-corrected chi connectivity index (χ3v) is 6.12. The monoisotopic (exact) mass is 254 g/mol. The lowest BCUT2D eigenvalue weighted by atomic mass is 9.50. The van der Waals surface area contributed by atoms with E-state index in [1.165, 1.54) is 43.5 Å². The Morgan fingerprint density at radius 2 is 1.62 bits per heavy atom. The van der Waals surface area contributed by atoms with Crippen LogP contribution >= 0.6 is 23.1 Å². The summed E-state index contributed by atoms with van der Waals surface area (Å²) in [6, 6.07) is 0. The zero-order chi connectivity index (χ0) is 10.8. The molecule has 16 heavy (non-hydrogen) atoms. The maximum atomic E-state index is 5.89. The average Bonchev–Trinajstić information content (AvgIpc) is 2.63. The van der Waals surface area contributed by atoms with E-state index >= 15 is 0 Å². The van der Waals surface area contributed by atoms with Crippen molar-refractivity contribution in [3.05, 3.63) is 10.3 Å². The van der Waals surface area contributed by atoms with Gasteiger partial charge in [0, 0.05) is 5.41 Å². The number of hydrogen-bond donors (Lipinski definition) is 0. The molecule has 4 bridgehead atoms. The van der Waals surface area contributed by atoms with E-state index in [-0.39, 0.29) is 0 Å². The van der Waals surface area contributed by atoms with Crippen LogP contribution in [0, 0.1) is 17.8 Å². The Hall–Kier alpha value is -0.150. The highest BCUT2D eigenvalue weighted by Gasteiger charge is 2.53. The van der Waals surface area contributed by atoms with Crippen LogP contribution in [0.2, 0.25) is 5.28 Å². The first-order chi connectivity index (χ1) is 7.73. The minimum atomic E-state index is 0.375. The average molecular weight is 255 g/mol. The second-order valence-corrected chi connectivity index (χ2v) is 7.16. The Morgan fingerprint density at radius 1 is 1.06 bits per heavy atom. The fraction of sp³-hybridized carbons (Fsp3) is 0.833. The first-order valence-electron chi connectivity index (χ1n) is 6.23. The van der Waals surface area contributed by atoms with Crippen LogP contribution in [-0.2, 0) is 5.41 Å². The van der Waals surface area contributed by atoms with E-state index in [1.54, 1.807) is 11.5 Å². The Kier molecular flexibility index (Phi) is 1.97. The zero-order valence-corrected chi connectivity index (χ0v) is 10.7. The number of aromatic nitrogens is 2. The lowest BCUT2D eigenvalue weighted by Crippen LogP contribution is -2.48. The van der Waals surface area contributed by atoms with Gasteiger partial charge in [0.1, 0.15) is 5.01 Å². The summed E-state index contributed by atoms with van der Waals surface area (Å²) in [4.78, 5) is 4.47. The molecule has 4 aliphatic carbocycles. The second-order valence-electron chi connectivity index (χ2n) is 6.07. The molecule has 0 atom stereocenters. The van der Waals surface area contributed by atoms with Gasteiger partial charge in [-0.3, -0.25) is 0 Å². The van der Waals surface area contributed by atoms with Crippen LogP contribution in [0.3, 0.4) is 0 Å². The van der Waals surface area contributed by atoms with E-state index in [0.29, 0.717) is 10.7 Å². The Bertz CT molecular complexity index is 393. The normalized spacial score (nSPS) is 45.2. The lowest BCUT2D eigenvalue weighted by Gasteiger charge is -2.55. The number of halogens is 1. The smallest absolute Gasteiger partial charge is 0.209 e. The molecule has 0 aliphatic heterocycles. The summed E-state index contributed by atoms with van der Waals surface area (Å²) in [6.07, 6.45) is 8.49. The van der Waals surface area contributed by atoms with Crippen molar-refractivity contribution in [1.29, 1.82) is 0 Å². The van der Waals surface area contributed by atoms with Crippen LogP contribution in [0.15, 0.2) is 0 Å². The van der Waals surface area contributed by atoms with Crippen LogP contribution in [0.25, 0.3) is 0 Å². The van der Waals surface area contributed by atoms with Crippen LogP contribution in [-0.4, -0.2) is 9.36 Å². The Morgan fingerprint density at radius 3 is 2.06 bits per heavy atom. The van der Waals surface area contributed by atoms with Crippen molar-refractivity contribution in [3.63, 3.8) is 0 Å². The first kappa shape index (κ1) is 9.84. The third kappa shape index (κ3) is 1.31. The van der Waals surface area contributed by atoms with Crippen molar-refractivity contribution in [1.82, 2.24) is 9.36 Å². The predicted molar refractivity (Wildman–Crippen MR) is 64.8 cm³/mol. The molecule has 4 saturated carbocycles. The topological polar surface area (TPSA) is 25.8 Å². The summed E-state index contributed by atoms with van der Waals surface area (Å²) in [5.74, 6) is 2.90. The van der Waals surface area contributed by atoms with Crippen molar-refractivity contribution in [2.45, 2.75) is 43.9 Å².